The van der Waals surface area contributed by atoms with Gasteiger partial charge in [0.05, 0.1) is 49.6 Å². The molecule has 2 unspecified atom stereocenters. The fourth-order valence-corrected chi connectivity index (χ4v) is 5.65. The highest BCUT2D eigenvalue weighted by atomic mass is 28.4. The number of aromatic nitrogens is 4. The van der Waals surface area contributed by atoms with Crippen molar-refractivity contribution in [2.75, 3.05) is 49.3 Å². The van der Waals surface area contributed by atoms with E-state index >= 15 is 0 Å². The quantitative estimate of drug-likeness (QED) is 0.415. The lowest BCUT2D eigenvalue weighted by molar-refractivity contribution is 0.0281. The molecule has 1 aromatic carbocycles. The lowest BCUT2D eigenvalue weighted by atomic mass is 10.1. The molecule has 0 bridgehead atoms. The van der Waals surface area contributed by atoms with Gasteiger partial charge in [-0.05, 0) is 44.1 Å². The Morgan fingerprint density at radius 1 is 0.974 bits per heavy atom. The van der Waals surface area contributed by atoms with Crippen molar-refractivity contribution < 1.29 is 13.9 Å². The lowest BCUT2D eigenvalue weighted by Crippen LogP contribution is -2.49. The Morgan fingerprint density at radius 3 is 2.42 bits per heavy atom. The Bertz CT molecular complexity index is 1270. The summed E-state index contributed by atoms with van der Waals surface area (Å²) in [4.78, 5) is 19.9. The Labute approximate surface area is 227 Å². The predicted molar refractivity (Wildman–Crippen MR) is 154 cm³/mol. The Balaban J connectivity index is 1.62. The molecule has 2 fully saturated rings. The molecule has 38 heavy (non-hydrogen) atoms. The summed E-state index contributed by atoms with van der Waals surface area (Å²) in [5, 5.41) is 0.104. The minimum atomic E-state index is -1.99. The topological polar surface area (TPSA) is 77.8 Å². The molecular weight excluding hydrogens is 496 g/mol. The maximum Gasteiger partial charge on any atom is 0.239 e. The number of hydrogen-bond acceptors (Lipinski definition) is 8. The highest BCUT2D eigenvalue weighted by molar-refractivity contribution is 6.74. The Kier molecular flexibility index (Phi) is 7.52. The number of morpholine rings is 2. The van der Waals surface area contributed by atoms with Crippen LogP contribution >= 0.6 is 0 Å². The second-order valence-electron chi connectivity index (χ2n) is 11.9. The van der Waals surface area contributed by atoms with Crippen LogP contribution in [0.15, 0.2) is 30.3 Å². The van der Waals surface area contributed by atoms with E-state index in [1.807, 2.05) is 18.2 Å². The molecule has 0 amide bonds. The van der Waals surface area contributed by atoms with Crippen molar-refractivity contribution in [3.8, 4) is 5.95 Å². The molecule has 10 heteroatoms. The third-order valence-corrected chi connectivity index (χ3v) is 12.9. The van der Waals surface area contributed by atoms with Gasteiger partial charge in [-0.1, -0.05) is 32.9 Å². The first-order chi connectivity index (χ1) is 18.0. The summed E-state index contributed by atoms with van der Waals surface area (Å²) >= 11 is 0. The number of para-hydroxylation sites is 2. The molecule has 5 rings (SSSR count). The van der Waals surface area contributed by atoms with Crippen molar-refractivity contribution in [2.24, 2.45) is 0 Å². The molecule has 2 aliphatic rings. The number of hydrogen-bond donors (Lipinski definition) is 0. The lowest BCUT2D eigenvalue weighted by Gasteiger charge is -2.39. The summed E-state index contributed by atoms with van der Waals surface area (Å²) in [6.45, 7) is 20.5. The Hall–Kier alpha value is -2.53. The number of benzene rings is 1. The first-order valence-corrected chi connectivity index (χ1v) is 16.7. The number of rotatable bonds is 6. The van der Waals surface area contributed by atoms with Gasteiger partial charge < -0.3 is 23.7 Å². The van der Waals surface area contributed by atoms with Gasteiger partial charge in [-0.3, -0.25) is 4.57 Å². The molecule has 0 radical (unpaired) electrons. The van der Waals surface area contributed by atoms with Crippen molar-refractivity contribution in [3.05, 3.63) is 36.2 Å². The molecule has 2 aliphatic heterocycles. The van der Waals surface area contributed by atoms with Gasteiger partial charge in [-0.25, -0.2) is 4.98 Å². The smallest absolute Gasteiger partial charge is 0.239 e. The standard InChI is InChI=1S/C28H42N6O3Si/c1-20-21(2)36-17-14-33(20)25-18-24(32-12-15-35-16-13-32)30-27(31-25)34-23-11-9-8-10-22(23)29-26(34)19-37-38(6,7)28(3,4)5/h8-11,18,20-21H,12-17,19H2,1-7H3. The summed E-state index contributed by atoms with van der Waals surface area (Å²) in [6, 6.07) is 10.5. The summed E-state index contributed by atoms with van der Waals surface area (Å²) in [5.41, 5.74) is 1.89. The summed E-state index contributed by atoms with van der Waals surface area (Å²) in [6.07, 6.45) is 0.122. The first-order valence-electron chi connectivity index (χ1n) is 13.8. The Morgan fingerprint density at radius 2 is 1.68 bits per heavy atom. The highest BCUT2D eigenvalue weighted by Gasteiger charge is 2.37. The van der Waals surface area contributed by atoms with E-state index in [1.54, 1.807) is 0 Å². The second-order valence-corrected chi connectivity index (χ2v) is 16.7. The number of imidazole rings is 1. The van der Waals surface area contributed by atoms with Crippen molar-refractivity contribution >= 4 is 31.0 Å². The van der Waals surface area contributed by atoms with Crippen molar-refractivity contribution in [1.82, 2.24) is 19.5 Å². The minimum Gasteiger partial charge on any atom is -0.409 e. The fourth-order valence-electron chi connectivity index (χ4n) is 4.73. The van der Waals surface area contributed by atoms with Crippen LogP contribution in [0.1, 0.15) is 40.4 Å². The van der Waals surface area contributed by atoms with E-state index in [2.05, 4.69) is 74.2 Å². The van der Waals surface area contributed by atoms with Crippen LogP contribution in [0.5, 0.6) is 0 Å². The normalized spacial score (nSPS) is 21.3. The van der Waals surface area contributed by atoms with E-state index < -0.39 is 8.32 Å². The van der Waals surface area contributed by atoms with Gasteiger partial charge >= 0.3 is 0 Å². The molecule has 206 valence electrons. The third kappa shape index (κ3) is 5.32. The van der Waals surface area contributed by atoms with Crippen LogP contribution in [0.4, 0.5) is 11.6 Å². The molecule has 4 heterocycles. The molecule has 2 aromatic heterocycles. The van der Waals surface area contributed by atoms with Gasteiger partial charge in [-0.2, -0.15) is 9.97 Å². The van der Waals surface area contributed by atoms with E-state index in [0.29, 0.717) is 32.4 Å². The van der Waals surface area contributed by atoms with Crippen molar-refractivity contribution in [2.45, 2.75) is 71.5 Å². The minimum absolute atomic E-state index is 0.104. The summed E-state index contributed by atoms with van der Waals surface area (Å²) < 4.78 is 20.3. The molecule has 0 N–H and O–H groups in total. The maximum atomic E-state index is 6.64. The van der Waals surface area contributed by atoms with E-state index in [-0.39, 0.29) is 17.2 Å². The molecule has 0 saturated carbocycles. The van der Waals surface area contributed by atoms with E-state index in [1.165, 1.54) is 0 Å². The molecule has 0 spiro atoms. The van der Waals surface area contributed by atoms with Crippen LogP contribution in [0.25, 0.3) is 17.0 Å². The summed E-state index contributed by atoms with van der Waals surface area (Å²) in [5.74, 6) is 3.27. The van der Waals surface area contributed by atoms with Crippen molar-refractivity contribution in [1.29, 1.82) is 0 Å². The van der Waals surface area contributed by atoms with Crippen LogP contribution in [-0.4, -0.2) is 79.4 Å². The average Bonchev–Trinajstić information content (AvgIpc) is 3.27. The zero-order valence-electron chi connectivity index (χ0n) is 23.9. The van der Waals surface area contributed by atoms with Gasteiger partial charge in [-0.15, -0.1) is 0 Å². The van der Waals surface area contributed by atoms with Gasteiger partial charge in [0, 0.05) is 25.7 Å². The third-order valence-electron chi connectivity index (χ3n) is 8.40. The molecule has 2 saturated heterocycles. The van der Waals surface area contributed by atoms with E-state index in [4.69, 9.17) is 28.9 Å². The van der Waals surface area contributed by atoms with Crippen LogP contribution in [0, 0.1) is 0 Å². The zero-order chi connectivity index (χ0) is 27.1. The molecule has 0 aliphatic carbocycles. The number of ether oxygens (including phenoxy) is 2. The number of anilines is 2. The van der Waals surface area contributed by atoms with E-state index in [0.717, 1.165) is 48.1 Å². The zero-order valence-corrected chi connectivity index (χ0v) is 24.9. The average molecular weight is 539 g/mol. The predicted octanol–water partition coefficient (Wildman–Crippen LogP) is 4.79. The monoisotopic (exact) mass is 538 g/mol. The largest absolute Gasteiger partial charge is 0.409 e. The van der Waals surface area contributed by atoms with Crippen LogP contribution in [0.2, 0.25) is 18.1 Å². The molecule has 9 nitrogen and oxygen atoms in total. The molecular formula is C28H42N6O3Si. The SMILES string of the molecule is CC1OCCN(c2cc(N3CCOCC3)nc(-n3c(CO[Si](C)(C)C(C)(C)C)nc4ccccc43)n2)C1C. The number of nitrogens with zero attached hydrogens (tertiary/aromatic N) is 6. The van der Waals surface area contributed by atoms with Gasteiger partial charge in [0.1, 0.15) is 17.5 Å². The fraction of sp³-hybridized carbons (Fsp3) is 0.607. The van der Waals surface area contributed by atoms with Crippen LogP contribution < -0.4 is 9.80 Å². The maximum absolute atomic E-state index is 6.64. The second kappa shape index (κ2) is 10.6. The van der Waals surface area contributed by atoms with Crippen molar-refractivity contribution in [3.63, 3.8) is 0 Å². The number of fused-ring (bicyclic) bond motifs is 1. The first kappa shape index (κ1) is 27.0. The highest BCUT2D eigenvalue weighted by Crippen LogP contribution is 2.37. The van der Waals surface area contributed by atoms with Crippen LogP contribution in [0.3, 0.4) is 0 Å². The van der Waals surface area contributed by atoms with E-state index in [9.17, 15) is 0 Å². The molecule has 3 aromatic rings. The van der Waals surface area contributed by atoms with Crippen LogP contribution in [-0.2, 0) is 20.5 Å². The van der Waals surface area contributed by atoms with Gasteiger partial charge in [0.2, 0.25) is 5.95 Å². The van der Waals surface area contributed by atoms with Gasteiger partial charge in [0.15, 0.2) is 8.32 Å². The summed E-state index contributed by atoms with van der Waals surface area (Å²) in [7, 11) is -1.99. The molecule has 2 atom stereocenters. The van der Waals surface area contributed by atoms with Gasteiger partial charge in [0.25, 0.3) is 0 Å².